The van der Waals surface area contributed by atoms with Gasteiger partial charge in [-0.3, -0.25) is 4.79 Å². The summed E-state index contributed by atoms with van der Waals surface area (Å²) >= 11 is 3.42. The largest absolute Gasteiger partial charge is 0.511 e. The number of nitrogens with one attached hydrogen (secondary N) is 1. The molecule has 1 amide bonds. The molecule has 3 aromatic carbocycles. The number of carbonyl (C=O) groups is 4. The third-order valence-corrected chi connectivity index (χ3v) is 6.77. The van der Waals surface area contributed by atoms with Crippen molar-refractivity contribution in [1.29, 1.82) is 0 Å². The molecule has 4 N–H and O–H groups in total. The topological polar surface area (TPSA) is 169 Å². The first-order chi connectivity index (χ1) is 18.6. The van der Waals surface area contributed by atoms with E-state index in [1.807, 2.05) is 48.5 Å². The van der Waals surface area contributed by atoms with Gasteiger partial charge in [-0.05, 0) is 54.5 Å². The van der Waals surface area contributed by atoms with E-state index in [0.29, 0.717) is 12.8 Å². The highest BCUT2D eigenvalue weighted by molar-refractivity contribution is 9.10. The van der Waals surface area contributed by atoms with Crippen molar-refractivity contribution in [2.45, 2.75) is 31.2 Å². The average Bonchev–Trinajstić information content (AvgIpc) is 2.86. The Bertz CT molecular complexity index is 1440. The molecule has 0 spiro atoms. The molecule has 4 rings (SSSR count). The zero-order valence-electron chi connectivity index (χ0n) is 20.2. The molecule has 0 heterocycles. The molecule has 202 valence electrons. The molecule has 0 radical (unpaired) electrons. The lowest BCUT2D eigenvalue weighted by atomic mass is 9.73. The maximum atomic E-state index is 13.8. The highest BCUT2D eigenvalue weighted by atomic mass is 79.9. The standard InChI is InChI=1S/C27H22BrNO10/c28-17-9-7-15(8-10-17)14-27(11-3-5-16-4-1-2-6-19(16)27)29-23(30)18-12-21(38-25(33)34)22(39-26(35)36)13-20(18)37-24(31)32/h1-2,4,6-10,12-13H,3,5,11,14H2,(H,29,30)(H,31,32)(H,33,34)(H,35,36)/t27-/m0/s1. The van der Waals surface area contributed by atoms with Gasteiger partial charge in [-0.15, -0.1) is 0 Å². The summed E-state index contributed by atoms with van der Waals surface area (Å²) in [5, 5.41) is 30.4. The Balaban J connectivity index is 1.82. The van der Waals surface area contributed by atoms with Gasteiger partial charge in [-0.2, -0.15) is 0 Å². The Morgan fingerprint density at radius 1 is 0.821 bits per heavy atom. The number of hydrogen-bond donors (Lipinski definition) is 4. The SMILES string of the molecule is O=C(O)Oc1cc(OC(=O)O)c(C(=O)N[C@]2(Cc3ccc(Br)cc3)CCCc3ccccc32)cc1OC(=O)O. The first-order valence-electron chi connectivity index (χ1n) is 11.6. The number of ether oxygens (including phenoxy) is 3. The van der Waals surface area contributed by atoms with Crippen molar-refractivity contribution in [2.24, 2.45) is 0 Å². The van der Waals surface area contributed by atoms with E-state index >= 15 is 0 Å². The third-order valence-electron chi connectivity index (χ3n) is 6.24. The molecule has 0 aromatic heterocycles. The molecule has 1 atom stereocenters. The van der Waals surface area contributed by atoms with Crippen molar-refractivity contribution in [3.05, 3.63) is 87.4 Å². The zero-order chi connectivity index (χ0) is 28.2. The van der Waals surface area contributed by atoms with E-state index in [9.17, 15) is 24.3 Å². The number of benzene rings is 3. The van der Waals surface area contributed by atoms with Crippen LogP contribution in [-0.2, 0) is 18.4 Å². The fourth-order valence-electron chi connectivity index (χ4n) is 4.76. The summed E-state index contributed by atoms with van der Waals surface area (Å²) in [6.45, 7) is 0. The minimum absolute atomic E-state index is 0.398. The highest BCUT2D eigenvalue weighted by Gasteiger charge is 2.39. The fourth-order valence-corrected chi connectivity index (χ4v) is 5.02. The van der Waals surface area contributed by atoms with Crippen LogP contribution in [0.4, 0.5) is 14.4 Å². The number of halogens is 1. The smallest absolute Gasteiger partial charge is 0.449 e. The normalized spacial score (nSPS) is 15.9. The second kappa shape index (κ2) is 11.4. The summed E-state index contributed by atoms with van der Waals surface area (Å²) in [5.41, 5.74) is 1.55. The first-order valence-corrected chi connectivity index (χ1v) is 12.4. The van der Waals surface area contributed by atoms with Gasteiger partial charge in [0.25, 0.3) is 5.91 Å². The number of rotatable bonds is 7. The molecule has 0 unspecified atom stereocenters. The van der Waals surface area contributed by atoms with E-state index in [4.69, 9.17) is 14.9 Å². The van der Waals surface area contributed by atoms with Crippen molar-refractivity contribution in [3.63, 3.8) is 0 Å². The fraction of sp³-hybridized carbons (Fsp3) is 0.185. The van der Waals surface area contributed by atoms with Crippen LogP contribution in [0, 0.1) is 0 Å². The van der Waals surface area contributed by atoms with Crippen molar-refractivity contribution in [2.75, 3.05) is 0 Å². The van der Waals surface area contributed by atoms with Crippen molar-refractivity contribution >= 4 is 40.3 Å². The van der Waals surface area contributed by atoms with Gasteiger partial charge in [0.05, 0.1) is 11.1 Å². The summed E-state index contributed by atoms with van der Waals surface area (Å²) in [5.74, 6) is -2.68. The summed E-state index contributed by atoms with van der Waals surface area (Å²) in [6.07, 6.45) is -2.90. The molecular formula is C27H22BrNO10. The Morgan fingerprint density at radius 2 is 1.41 bits per heavy atom. The summed E-state index contributed by atoms with van der Waals surface area (Å²) in [4.78, 5) is 47.5. The van der Waals surface area contributed by atoms with Crippen LogP contribution in [0.15, 0.2) is 65.1 Å². The van der Waals surface area contributed by atoms with Crippen LogP contribution in [-0.4, -0.2) is 39.7 Å². The van der Waals surface area contributed by atoms with E-state index in [1.165, 1.54) is 0 Å². The van der Waals surface area contributed by atoms with E-state index in [2.05, 4.69) is 30.7 Å². The molecule has 0 saturated heterocycles. The van der Waals surface area contributed by atoms with Gasteiger partial charge in [-0.25, -0.2) is 14.4 Å². The lowest BCUT2D eigenvalue weighted by Gasteiger charge is -2.40. The second-order valence-electron chi connectivity index (χ2n) is 8.75. The van der Waals surface area contributed by atoms with Crippen LogP contribution in [0.3, 0.4) is 0 Å². The highest BCUT2D eigenvalue weighted by Crippen LogP contribution is 2.40. The Morgan fingerprint density at radius 3 is 2.05 bits per heavy atom. The molecule has 1 aliphatic rings. The van der Waals surface area contributed by atoms with E-state index in [1.54, 1.807) is 0 Å². The first kappa shape index (κ1) is 27.5. The van der Waals surface area contributed by atoms with Crippen LogP contribution in [0.5, 0.6) is 17.2 Å². The second-order valence-corrected chi connectivity index (χ2v) is 9.66. The van der Waals surface area contributed by atoms with E-state index in [-0.39, 0.29) is 0 Å². The van der Waals surface area contributed by atoms with Crippen LogP contribution in [0.2, 0.25) is 0 Å². The minimum atomic E-state index is -1.82. The lowest BCUT2D eigenvalue weighted by molar-refractivity contribution is 0.0878. The molecule has 11 nitrogen and oxygen atoms in total. The predicted molar refractivity (Wildman–Crippen MR) is 139 cm³/mol. The number of hydrogen-bond acceptors (Lipinski definition) is 7. The van der Waals surface area contributed by atoms with Crippen LogP contribution in [0.25, 0.3) is 0 Å². The van der Waals surface area contributed by atoms with Gasteiger partial charge >= 0.3 is 18.5 Å². The number of amides is 1. The third kappa shape index (κ3) is 6.47. The molecule has 1 aliphatic carbocycles. The van der Waals surface area contributed by atoms with Gasteiger partial charge in [0.2, 0.25) is 0 Å². The Labute approximate surface area is 230 Å². The van der Waals surface area contributed by atoms with Crippen LogP contribution in [0.1, 0.15) is 39.9 Å². The molecule has 0 aliphatic heterocycles. The predicted octanol–water partition coefficient (Wildman–Crippen LogP) is 5.82. The van der Waals surface area contributed by atoms with E-state index < -0.39 is 52.7 Å². The molecular weight excluding hydrogens is 578 g/mol. The van der Waals surface area contributed by atoms with Gasteiger partial charge in [0, 0.05) is 16.6 Å². The van der Waals surface area contributed by atoms with Gasteiger partial charge in [0.1, 0.15) is 0 Å². The van der Waals surface area contributed by atoms with Gasteiger partial charge < -0.3 is 34.8 Å². The number of aryl methyl sites for hydroxylation is 1. The average molecular weight is 600 g/mol. The van der Waals surface area contributed by atoms with Crippen LogP contribution >= 0.6 is 15.9 Å². The number of carbonyl (C=O) groups excluding carboxylic acids is 1. The summed E-state index contributed by atoms with van der Waals surface area (Å²) in [6, 6.07) is 16.9. The Kier molecular flexibility index (Phi) is 8.05. The van der Waals surface area contributed by atoms with Crippen LogP contribution < -0.4 is 19.5 Å². The van der Waals surface area contributed by atoms with Crippen molar-refractivity contribution in [3.8, 4) is 17.2 Å². The zero-order valence-corrected chi connectivity index (χ0v) is 21.8. The molecule has 3 aromatic rings. The maximum absolute atomic E-state index is 13.8. The Hall–Kier alpha value is -4.58. The minimum Gasteiger partial charge on any atom is -0.449 e. The molecule has 0 saturated carbocycles. The quantitative estimate of drug-likeness (QED) is 0.191. The molecule has 12 heteroatoms. The summed E-state index contributed by atoms with van der Waals surface area (Å²) in [7, 11) is 0. The van der Waals surface area contributed by atoms with Gasteiger partial charge in [0.15, 0.2) is 17.2 Å². The number of fused-ring (bicyclic) bond motifs is 1. The monoisotopic (exact) mass is 599 g/mol. The van der Waals surface area contributed by atoms with Gasteiger partial charge in [-0.1, -0.05) is 52.3 Å². The number of carboxylic acid groups (broad SMARTS) is 3. The van der Waals surface area contributed by atoms with Crippen molar-refractivity contribution in [1.82, 2.24) is 5.32 Å². The molecule has 0 bridgehead atoms. The lowest BCUT2D eigenvalue weighted by Crippen LogP contribution is -2.49. The summed E-state index contributed by atoms with van der Waals surface area (Å²) < 4.78 is 14.8. The molecule has 39 heavy (non-hydrogen) atoms. The maximum Gasteiger partial charge on any atom is 0.511 e. The van der Waals surface area contributed by atoms with E-state index in [0.717, 1.165) is 46.1 Å². The molecule has 0 fully saturated rings. The van der Waals surface area contributed by atoms with Crippen molar-refractivity contribution < 1.29 is 48.7 Å².